The third-order valence-electron chi connectivity index (χ3n) is 8.96. The topological polar surface area (TPSA) is 70.7 Å². The van der Waals surface area contributed by atoms with Crippen LogP contribution in [0.3, 0.4) is 0 Å². The molecule has 3 atom stereocenters. The summed E-state index contributed by atoms with van der Waals surface area (Å²) >= 11 is 0. The van der Waals surface area contributed by atoms with Crippen molar-refractivity contribution >= 4 is 17.3 Å². The zero-order valence-electron chi connectivity index (χ0n) is 25.9. The molecule has 1 fully saturated rings. The molecule has 0 aromatic heterocycles. The van der Waals surface area contributed by atoms with Crippen LogP contribution in [0.25, 0.3) is 5.57 Å². The molecule has 1 saturated carbocycles. The molecule has 0 saturated heterocycles. The summed E-state index contributed by atoms with van der Waals surface area (Å²) in [7, 11) is 0. The Morgan fingerprint density at radius 2 is 1.98 bits per heavy atom. The predicted molar refractivity (Wildman–Crippen MR) is 180 cm³/mol. The molecule has 2 aromatic rings. The summed E-state index contributed by atoms with van der Waals surface area (Å²) in [5.41, 5.74) is 11.2. The van der Waals surface area contributed by atoms with Crippen LogP contribution in [-0.2, 0) is 17.6 Å². The highest BCUT2D eigenvalue weighted by Crippen LogP contribution is 2.54. The molecule has 1 aliphatic heterocycles. The number of aliphatic imine (C=N–C) groups is 1. The van der Waals surface area contributed by atoms with Crippen molar-refractivity contribution in [3.8, 4) is 0 Å². The van der Waals surface area contributed by atoms with Crippen molar-refractivity contribution in [1.82, 2.24) is 10.2 Å². The summed E-state index contributed by atoms with van der Waals surface area (Å²) < 4.78 is 0. The number of nitrogens with two attached hydrogens (primary N) is 1. The third-order valence-corrected chi connectivity index (χ3v) is 8.96. The van der Waals surface area contributed by atoms with Crippen LogP contribution in [0.15, 0.2) is 114 Å². The van der Waals surface area contributed by atoms with E-state index in [-0.39, 0.29) is 17.5 Å². The molecule has 5 rings (SSSR count). The largest absolute Gasteiger partial charge is 0.347 e. The van der Waals surface area contributed by atoms with Gasteiger partial charge in [-0.05, 0) is 74.3 Å². The molecule has 1 heterocycles. The molecule has 0 spiro atoms. The van der Waals surface area contributed by atoms with Crippen molar-refractivity contribution in [2.75, 3.05) is 13.1 Å². The zero-order chi connectivity index (χ0) is 30.5. The Balaban J connectivity index is 1.57. The molecule has 5 nitrogen and oxygen atoms in total. The fourth-order valence-corrected chi connectivity index (χ4v) is 6.44. The molecule has 224 valence electrons. The van der Waals surface area contributed by atoms with E-state index in [1.165, 1.54) is 22.3 Å². The highest BCUT2D eigenvalue weighted by Gasteiger charge is 2.64. The maximum atomic E-state index is 13.5. The number of carbonyl (C=O) groups excluding carboxylic acids is 1. The molecule has 2 aromatic carbocycles. The molecule has 43 heavy (non-hydrogen) atoms. The number of hydrogen-bond acceptors (Lipinski definition) is 4. The fourth-order valence-electron chi connectivity index (χ4n) is 6.44. The van der Waals surface area contributed by atoms with Gasteiger partial charge in [-0.25, -0.2) is 0 Å². The monoisotopic (exact) mass is 574 g/mol. The zero-order valence-corrected chi connectivity index (χ0v) is 25.9. The van der Waals surface area contributed by atoms with Gasteiger partial charge < -0.3 is 16.0 Å². The maximum Gasteiger partial charge on any atom is 0.240 e. The summed E-state index contributed by atoms with van der Waals surface area (Å²) in [6.07, 6.45) is 19.8. The SMILES string of the molecule is C=C/C(=C\C=C/C)CN1C(Cc2ccccc2)=NCC2CC21[C@@H](/C=C/C1=CCCCc2ccccc21)NC(=O)C(C)(C)N. The number of nitrogens with one attached hydrogen (secondary N) is 1. The average Bonchev–Trinajstić information content (AvgIpc) is 3.78. The molecular weight excluding hydrogens is 528 g/mol. The number of fused-ring (bicyclic) bond motifs is 2. The van der Waals surface area contributed by atoms with Crippen LogP contribution in [0.5, 0.6) is 0 Å². The lowest BCUT2D eigenvalue weighted by molar-refractivity contribution is -0.126. The van der Waals surface area contributed by atoms with E-state index in [0.717, 1.165) is 50.1 Å². The van der Waals surface area contributed by atoms with E-state index in [0.29, 0.717) is 12.5 Å². The number of amides is 1. The second kappa shape index (κ2) is 13.1. The van der Waals surface area contributed by atoms with E-state index in [1.54, 1.807) is 13.8 Å². The van der Waals surface area contributed by atoms with Gasteiger partial charge >= 0.3 is 0 Å². The molecule has 0 radical (unpaired) electrons. The molecule has 2 unspecified atom stereocenters. The van der Waals surface area contributed by atoms with Gasteiger partial charge in [0.05, 0.1) is 17.1 Å². The molecule has 5 heteroatoms. The molecular formula is C38H46N4O. The lowest BCUT2D eigenvalue weighted by Gasteiger charge is -2.43. The molecule has 2 aliphatic carbocycles. The normalized spacial score (nSPS) is 22.7. The Bertz CT molecular complexity index is 1470. The Hall–Kier alpha value is -3.96. The maximum absolute atomic E-state index is 13.5. The van der Waals surface area contributed by atoms with Gasteiger partial charge in [0.15, 0.2) is 0 Å². The number of rotatable bonds is 11. The number of aryl methyl sites for hydroxylation is 1. The van der Waals surface area contributed by atoms with Crippen LogP contribution >= 0.6 is 0 Å². The molecule has 0 bridgehead atoms. The fraction of sp³-hybridized carbons (Fsp3) is 0.368. The average molecular weight is 575 g/mol. The first-order chi connectivity index (χ1) is 20.8. The first-order valence-corrected chi connectivity index (χ1v) is 15.6. The van der Waals surface area contributed by atoms with E-state index in [4.69, 9.17) is 10.7 Å². The smallest absolute Gasteiger partial charge is 0.240 e. The second-order valence-corrected chi connectivity index (χ2v) is 12.6. The van der Waals surface area contributed by atoms with Crippen LogP contribution in [0, 0.1) is 5.92 Å². The minimum atomic E-state index is -1.00. The second-order valence-electron chi connectivity index (χ2n) is 12.6. The Kier molecular flexibility index (Phi) is 9.31. The van der Waals surface area contributed by atoms with Crippen molar-refractivity contribution in [1.29, 1.82) is 0 Å². The van der Waals surface area contributed by atoms with Gasteiger partial charge in [-0.15, -0.1) is 0 Å². The van der Waals surface area contributed by atoms with Crippen LogP contribution in [-0.4, -0.2) is 46.9 Å². The van der Waals surface area contributed by atoms with Crippen molar-refractivity contribution in [2.45, 2.75) is 70.0 Å². The van der Waals surface area contributed by atoms with Crippen molar-refractivity contribution in [3.63, 3.8) is 0 Å². The quantitative estimate of drug-likeness (QED) is 0.298. The van der Waals surface area contributed by atoms with E-state index in [2.05, 4.69) is 95.7 Å². The van der Waals surface area contributed by atoms with E-state index >= 15 is 0 Å². The first-order valence-electron chi connectivity index (χ1n) is 15.6. The van der Waals surface area contributed by atoms with Crippen molar-refractivity contribution in [3.05, 3.63) is 126 Å². The number of amidine groups is 1. The summed E-state index contributed by atoms with van der Waals surface area (Å²) in [5, 5.41) is 3.40. The summed E-state index contributed by atoms with van der Waals surface area (Å²) in [5.74, 6) is 1.22. The van der Waals surface area contributed by atoms with Gasteiger partial charge in [0.25, 0.3) is 0 Å². The van der Waals surface area contributed by atoms with Gasteiger partial charge in [-0.1, -0.05) is 104 Å². The lowest BCUT2D eigenvalue weighted by Crippen LogP contribution is -2.61. The van der Waals surface area contributed by atoms with Gasteiger partial charge in [-0.3, -0.25) is 9.79 Å². The highest BCUT2D eigenvalue weighted by atomic mass is 16.2. The van der Waals surface area contributed by atoms with E-state index in [1.807, 2.05) is 25.1 Å². The minimum Gasteiger partial charge on any atom is -0.347 e. The van der Waals surface area contributed by atoms with Gasteiger partial charge in [0.2, 0.25) is 5.91 Å². The third kappa shape index (κ3) is 6.83. The predicted octanol–water partition coefficient (Wildman–Crippen LogP) is 6.59. The Morgan fingerprint density at radius 1 is 1.21 bits per heavy atom. The summed E-state index contributed by atoms with van der Waals surface area (Å²) in [6.45, 7) is 11.1. The number of carbonyl (C=O) groups is 1. The van der Waals surface area contributed by atoms with Gasteiger partial charge in [0.1, 0.15) is 5.84 Å². The molecule has 3 N–H and O–H groups in total. The minimum absolute atomic E-state index is 0.155. The van der Waals surface area contributed by atoms with Crippen LogP contribution in [0.1, 0.15) is 56.7 Å². The lowest BCUT2D eigenvalue weighted by atomic mass is 9.92. The van der Waals surface area contributed by atoms with Crippen LogP contribution in [0.4, 0.5) is 0 Å². The van der Waals surface area contributed by atoms with Crippen LogP contribution in [0.2, 0.25) is 0 Å². The number of benzene rings is 2. The number of nitrogens with zero attached hydrogens (tertiary/aromatic N) is 2. The molecule has 3 aliphatic rings. The van der Waals surface area contributed by atoms with Crippen molar-refractivity contribution in [2.24, 2.45) is 16.6 Å². The van der Waals surface area contributed by atoms with E-state index < -0.39 is 5.54 Å². The number of hydrogen-bond donors (Lipinski definition) is 2. The van der Waals surface area contributed by atoms with Gasteiger partial charge in [0, 0.05) is 25.4 Å². The standard InChI is InChI=1S/C38H46N4O/c1-5-7-15-28(6-2)27-42-35(24-29-16-9-8-10-17-29)40-26-32-25-38(32,42)34(41-36(43)37(3,4)39)23-22-31-20-12-11-18-30-19-13-14-21-33(30)31/h5-10,13-17,19-23,32,34H,2,11-12,18,24-27,39H2,1,3-4H3,(H,41,43)/b7-5-,23-22+,28-15+/t32?,34-,38?/m1/s1. The summed E-state index contributed by atoms with van der Waals surface area (Å²) in [4.78, 5) is 21.1. The van der Waals surface area contributed by atoms with Crippen LogP contribution < -0.4 is 11.1 Å². The number of allylic oxidation sites excluding steroid dienone is 6. The first kappa shape index (κ1) is 30.5. The highest BCUT2D eigenvalue weighted by molar-refractivity contribution is 5.89. The Morgan fingerprint density at radius 3 is 2.72 bits per heavy atom. The summed E-state index contributed by atoms with van der Waals surface area (Å²) in [6, 6.07) is 18.9. The van der Waals surface area contributed by atoms with Gasteiger partial charge in [-0.2, -0.15) is 0 Å². The Labute approximate surface area is 257 Å². The molecule has 1 amide bonds. The van der Waals surface area contributed by atoms with E-state index in [9.17, 15) is 4.79 Å². The van der Waals surface area contributed by atoms with Crippen molar-refractivity contribution < 1.29 is 4.79 Å².